The molecular formula is C37H42N6O7S. The maximum absolute atomic E-state index is 15.4. The Morgan fingerprint density at radius 1 is 0.922 bits per heavy atom. The summed E-state index contributed by atoms with van der Waals surface area (Å²) >= 11 is 0. The number of rotatable bonds is 10. The zero-order chi connectivity index (χ0) is 35.5. The van der Waals surface area contributed by atoms with E-state index in [4.69, 9.17) is 18.9 Å². The van der Waals surface area contributed by atoms with Gasteiger partial charge in [-0.15, -0.1) is 0 Å². The fraction of sp³-hybridized carbons (Fsp3) is 0.486. The molecule has 4 saturated heterocycles. The lowest BCUT2D eigenvalue weighted by atomic mass is 9.67. The number of nitriles is 1. The number of benzene rings is 2. The molecule has 3 aromatic rings. The van der Waals surface area contributed by atoms with Crippen LogP contribution in [-0.4, -0.2) is 119 Å². The summed E-state index contributed by atoms with van der Waals surface area (Å²) in [5, 5.41) is 9.74. The molecule has 51 heavy (non-hydrogen) atoms. The fourth-order valence-corrected chi connectivity index (χ4v) is 10.1. The van der Waals surface area contributed by atoms with Crippen LogP contribution in [0.25, 0.3) is 0 Å². The van der Waals surface area contributed by atoms with Gasteiger partial charge in [0, 0.05) is 61.9 Å². The van der Waals surface area contributed by atoms with Crippen molar-refractivity contribution < 1.29 is 32.2 Å². The van der Waals surface area contributed by atoms with Crippen LogP contribution in [-0.2, 0) is 25.1 Å². The van der Waals surface area contributed by atoms with E-state index in [2.05, 4.69) is 25.8 Å². The minimum Gasteiger partial charge on any atom is -0.497 e. The third-order valence-electron chi connectivity index (χ3n) is 11.3. The monoisotopic (exact) mass is 714 g/mol. The summed E-state index contributed by atoms with van der Waals surface area (Å²) in [5.74, 6) is 0.618. The van der Waals surface area contributed by atoms with Gasteiger partial charge in [-0.05, 0) is 68.3 Å². The number of piperidine rings is 1. The molecule has 0 radical (unpaired) electrons. The lowest BCUT2D eigenvalue weighted by molar-refractivity contribution is -0.171. The second-order valence-corrected chi connectivity index (χ2v) is 15.9. The molecule has 5 aliphatic rings. The molecule has 14 heteroatoms. The van der Waals surface area contributed by atoms with Gasteiger partial charge < -0.3 is 18.9 Å². The van der Waals surface area contributed by atoms with Crippen molar-refractivity contribution in [2.45, 2.75) is 42.4 Å². The number of sulfonamides is 1. The summed E-state index contributed by atoms with van der Waals surface area (Å²) in [7, 11) is -1.51. The van der Waals surface area contributed by atoms with Crippen LogP contribution in [0, 0.1) is 16.7 Å². The number of ether oxygens (including phenoxy) is 4. The topological polar surface area (TPSA) is 138 Å². The molecule has 2 aromatic carbocycles. The van der Waals surface area contributed by atoms with Gasteiger partial charge >= 0.3 is 0 Å². The van der Waals surface area contributed by atoms with Crippen LogP contribution in [0.5, 0.6) is 17.2 Å². The Morgan fingerprint density at radius 2 is 1.65 bits per heavy atom. The largest absolute Gasteiger partial charge is 0.497 e. The number of aromatic nitrogens is 1. The summed E-state index contributed by atoms with van der Waals surface area (Å²) in [5.41, 5.74) is -0.351. The van der Waals surface area contributed by atoms with Crippen molar-refractivity contribution in [3.8, 4) is 23.3 Å². The molecule has 268 valence electrons. The number of amides is 1. The van der Waals surface area contributed by atoms with Crippen molar-refractivity contribution in [3.63, 3.8) is 0 Å². The normalized spacial score (nSPS) is 24.0. The maximum Gasteiger partial charge on any atom is 0.288 e. The third-order valence-corrected chi connectivity index (χ3v) is 12.9. The van der Waals surface area contributed by atoms with E-state index in [1.54, 1.807) is 31.4 Å². The number of pyridine rings is 1. The zero-order valence-electron chi connectivity index (χ0n) is 29.1. The van der Waals surface area contributed by atoms with Crippen molar-refractivity contribution >= 4 is 21.6 Å². The highest BCUT2D eigenvalue weighted by atomic mass is 32.2. The maximum atomic E-state index is 15.4. The number of methoxy groups -OCH3 is 2. The minimum absolute atomic E-state index is 0.0479. The molecule has 0 aliphatic carbocycles. The van der Waals surface area contributed by atoms with E-state index in [1.807, 2.05) is 6.92 Å². The molecule has 1 spiro atoms. The van der Waals surface area contributed by atoms with E-state index in [0.717, 1.165) is 56.5 Å². The van der Waals surface area contributed by atoms with Gasteiger partial charge in [0.1, 0.15) is 17.2 Å². The highest BCUT2D eigenvalue weighted by Gasteiger charge is 2.67. The van der Waals surface area contributed by atoms with Gasteiger partial charge in [-0.1, -0.05) is 0 Å². The van der Waals surface area contributed by atoms with Crippen LogP contribution in [0.3, 0.4) is 0 Å². The number of hydrogen-bond acceptors (Lipinski definition) is 12. The molecule has 13 nitrogen and oxygen atoms in total. The van der Waals surface area contributed by atoms with E-state index in [-0.39, 0.29) is 16.1 Å². The predicted octanol–water partition coefficient (Wildman–Crippen LogP) is 2.83. The lowest BCUT2D eigenvalue weighted by Crippen LogP contribution is -2.77. The van der Waals surface area contributed by atoms with Gasteiger partial charge in [-0.2, -0.15) is 18.0 Å². The molecule has 1 amide bonds. The van der Waals surface area contributed by atoms with Crippen LogP contribution >= 0.6 is 0 Å². The third kappa shape index (κ3) is 5.28. The van der Waals surface area contributed by atoms with Gasteiger partial charge in [0.25, 0.3) is 15.9 Å². The minimum atomic E-state index is -4.52. The number of carbonyl (C=O) groups is 1. The summed E-state index contributed by atoms with van der Waals surface area (Å²) in [6.45, 7) is 8.92. The number of nitrogens with zero attached hydrogens (tertiary/aromatic N) is 6. The van der Waals surface area contributed by atoms with Crippen LogP contribution in [0.4, 0.5) is 5.69 Å². The summed E-state index contributed by atoms with van der Waals surface area (Å²) in [6.07, 6.45) is 3.55. The standard InChI is InChI=1S/C37H42N6O7S/c1-4-50-33-9-6-28(47-2)16-31(33)37(42-23-36(24-42)21-41(22-36)26-11-13-40(14-12-26)27-19-49-20-27)30-15-25(17-38)5-8-32(30)43(35(37)44)51(45,46)34-10-7-29(48-3)18-39-34/h5-10,15-16,18,26-27H,4,11-14,19-24H2,1-3H3. The van der Waals surface area contributed by atoms with Crippen LogP contribution in [0.2, 0.25) is 0 Å². The van der Waals surface area contributed by atoms with Gasteiger partial charge in [-0.3, -0.25) is 19.5 Å². The molecule has 1 atom stereocenters. The highest BCUT2D eigenvalue weighted by Crippen LogP contribution is 2.58. The number of carbonyl (C=O) groups excluding carboxylic acids is 1. The van der Waals surface area contributed by atoms with E-state index in [9.17, 15) is 13.7 Å². The summed E-state index contributed by atoms with van der Waals surface area (Å²) in [6, 6.07) is 16.1. The van der Waals surface area contributed by atoms with Crippen molar-refractivity contribution in [1.29, 1.82) is 5.26 Å². The number of anilines is 1. The van der Waals surface area contributed by atoms with Crippen LogP contribution in [0.15, 0.2) is 59.8 Å². The SMILES string of the molecule is CCOc1ccc(OC)cc1C1(N2CC3(CN(C4CCN(C5COC5)CC4)C3)C2)C(=O)N(S(=O)(=O)c2ccc(OC)cn2)c2ccc(C#N)cc21. The molecule has 6 heterocycles. The van der Waals surface area contributed by atoms with Gasteiger partial charge in [0.05, 0.1) is 63.6 Å². The molecule has 1 aromatic heterocycles. The van der Waals surface area contributed by atoms with E-state index in [0.29, 0.717) is 65.7 Å². The summed E-state index contributed by atoms with van der Waals surface area (Å²) in [4.78, 5) is 26.8. The second kappa shape index (κ2) is 12.8. The average Bonchev–Trinajstić information content (AvgIpc) is 3.35. The van der Waals surface area contributed by atoms with E-state index >= 15 is 4.79 Å². The Kier molecular flexibility index (Phi) is 8.46. The van der Waals surface area contributed by atoms with Gasteiger partial charge in [0.2, 0.25) is 0 Å². The first-order valence-corrected chi connectivity index (χ1v) is 18.9. The summed E-state index contributed by atoms with van der Waals surface area (Å²) < 4.78 is 52.3. The number of likely N-dealkylation sites (tertiary alicyclic amines) is 3. The zero-order valence-corrected chi connectivity index (χ0v) is 29.9. The van der Waals surface area contributed by atoms with Crippen molar-refractivity contribution in [3.05, 3.63) is 71.4 Å². The highest BCUT2D eigenvalue weighted by molar-refractivity contribution is 7.93. The number of hydrogen-bond donors (Lipinski definition) is 0. The second-order valence-electron chi connectivity index (χ2n) is 14.2. The molecule has 0 N–H and O–H groups in total. The number of fused-ring (bicyclic) bond motifs is 1. The Bertz CT molecular complexity index is 1980. The predicted molar refractivity (Wildman–Crippen MR) is 186 cm³/mol. The molecule has 5 aliphatic heterocycles. The Morgan fingerprint density at radius 3 is 2.25 bits per heavy atom. The average molecular weight is 715 g/mol. The Hall–Kier alpha value is -4.26. The molecule has 0 saturated carbocycles. The Labute approximate surface area is 298 Å². The molecule has 1 unspecified atom stereocenters. The van der Waals surface area contributed by atoms with Crippen molar-refractivity contribution in [2.24, 2.45) is 5.41 Å². The van der Waals surface area contributed by atoms with Gasteiger partial charge in [0.15, 0.2) is 10.6 Å². The smallest absolute Gasteiger partial charge is 0.288 e. The lowest BCUT2D eigenvalue weighted by Gasteiger charge is -2.65. The van der Waals surface area contributed by atoms with Crippen molar-refractivity contribution in [1.82, 2.24) is 19.7 Å². The van der Waals surface area contributed by atoms with Crippen LogP contribution in [0.1, 0.15) is 36.5 Å². The molecule has 4 fully saturated rings. The first kappa shape index (κ1) is 33.9. The first-order chi connectivity index (χ1) is 24.7. The van der Waals surface area contributed by atoms with Gasteiger partial charge in [-0.25, -0.2) is 4.98 Å². The fourth-order valence-electron chi connectivity index (χ4n) is 8.68. The van der Waals surface area contributed by atoms with Crippen molar-refractivity contribution in [2.75, 3.05) is 77.6 Å². The van der Waals surface area contributed by atoms with Crippen LogP contribution < -0.4 is 18.5 Å². The molecular weight excluding hydrogens is 673 g/mol. The molecule has 0 bridgehead atoms. The first-order valence-electron chi connectivity index (χ1n) is 17.4. The molecule has 8 rings (SSSR count). The quantitative estimate of drug-likeness (QED) is 0.305. The van der Waals surface area contributed by atoms with E-state index < -0.39 is 21.5 Å². The Balaban J connectivity index is 1.18. The van der Waals surface area contributed by atoms with E-state index in [1.165, 1.54) is 37.6 Å².